The zero-order valence-electron chi connectivity index (χ0n) is 13.4. The molecule has 2 rings (SSSR count). The number of benzene rings is 1. The third-order valence-corrected chi connectivity index (χ3v) is 4.89. The van der Waals surface area contributed by atoms with Crippen molar-refractivity contribution < 1.29 is 17.6 Å². The van der Waals surface area contributed by atoms with E-state index in [1.54, 1.807) is 32.2 Å². The second-order valence-corrected chi connectivity index (χ2v) is 7.88. The van der Waals surface area contributed by atoms with Crippen molar-refractivity contribution in [1.29, 1.82) is 0 Å². The first-order valence-electron chi connectivity index (χ1n) is 6.69. The third kappa shape index (κ3) is 5.33. The van der Waals surface area contributed by atoms with Crippen LogP contribution in [0.2, 0.25) is 0 Å². The van der Waals surface area contributed by atoms with Gasteiger partial charge in [0.15, 0.2) is 0 Å². The molecule has 1 aromatic heterocycles. The zero-order chi connectivity index (χ0) is 17.9. The highest BCUT2D eigenvalue weighted by atomic mass is 127. The molecular formula is C15H20IN3O3S. The van der Waals surface area contributed by atoms with Gasteiger partial charge in [-0.05, 0) is 67.5 Å². The van der Waals surface area contributed by atoms with E-state index in [9.17, 15) is 13.0 Å². The Hall–Kier alpha value is -1.39. The molecule has 0 bridgehead atoms. The lowest BCUT2D eigenvalue weighted by Crippen LogP contribution is -2.47. The van der Waals surface area contributed by atoms with Gasteiger partial charge in [-0.15, -0.1) is 4.68 Å². The Morgan fingerprint density at radius 2 is 1.52 bits per heavy atom. The van der Waals surface area contributed by atoms with Crippen LogP contribution in [0.4, 0.5) is 5.82 Å². The van der Waals surface area contributed by atoms with Crippen LogP contribution in [-0.2, 0) is 10.1 Å². The Balaban J connectivity index is 0.000000238. The summed E-state index contributed by atoms with van der Waals surface area (Å²) in [6.07, 6.45) is 1.78. The lowest BCUT2D eigenvalue weighted by atomic mass is 10.1. The van der Waals surface area contributed by atoms with Crippen LogP contribution in [0.3, 0.4) is 0 Å². The number of aromatic nitrogens is 1. The first-order valence-corrected chi connectivity index (χ1v) is 9.18. The Morgan fingerprint density at radius 3 is 1.91 bits per heavy atom. The van der Waals surface area contributed by atoms with Gasteiger partial charge < -0.3 is 4.55 Å². The molecule has 0 spiro atoms. The van der Waals surface area contributed by atoms with Gasteiger partial charge >= 0.3 is 0 Å². The van der Waals surface area contributed by atoms with Gasteiger partial charge in [-0.25, -0.2) is 8.42 Å². The number of hydrogen-bond acceptors (Lipinski definition) is 5. The SMILES string of the molecule is Cc1cc(C)c(S(=O)(=O)[O-])c(C)c1.Cc1cc(I)c[n+](N)c1N. The second kappa shape index (κ2) is 7.45. The van der Waals surface area contributed by atoms with E-state index in [2.05, 4.69) is 22.6 Å². The minimum Gasteiger partial charge on any atom is -0.744 e. The quantitative estimate of drug-likeness (QED) is 0.298. The van der Waals surface area contributed by atoms with Gasteiger partial charge in [0, 0.05) is 5.56 Å². The molecule has 8 heteroatoms. The summed E-state index contributed by atoms with van der Waals surface area (Å²) >= 11 is 2.19. The topological polar surface area (TPSA) is 113 Å². The second-order valence-electron chi connectivity index (χ2n) is 5.32. The number of pyridine rings is 1. The Bertz CT molecular complexity index is 790. The van der Waals surface area contributed by atoms with Crippen LogP contribution in [0.15, 0.2) is 29.3 Å². The van der Waals surface area contributed by atoms with E-state index in [1.807, 2.05) is 19.9 Å². The summed E-state index contributed by atoms with van der Waals surface area (Å²) in [5.41, 5.74) is 8.60. The minimum absolute atomic E-state index is 0.0851. The summed E-state index contributed by atoms with van der Waals surface area (Å²) < 4.78 is 35.0. The van der Waals surface area contributed by atoms with E-state index in [0.717, 1.165) is 14.7 Å². The fourth-order valence-corrected chi connectivity index (χ4v) is 3.96. The van der Waals surface area contributed by atoms with Crippen LogP contribution in [0.5, 0.6) is 0 Å². The molecule has 0 saturated heterocycles. The number of nitrogens with zero attached hydrogens (tertiary/aromatic N) is 1. The molecule has 0 aliphatic carbocycles. The smallest absolute Gasteiger partial charge is 0.298 e. The molecule has 4 N–H and O–H groups in total. The van der Waals surface area contributed by atoms with Crippen molar-refractivity contribution in [2.24, 2.45) is 0 Å². The molecule has 0 atom stereocenters. The maximum Gasteiger partial charge on any atom is 0.298 e. The van der Waals surface area contributed by atoms with Crippen LogP contribution in [-0.4, -0.2) is 13.0 Å². The average Bonchev–Trinajstić information content (AvgIpc) is 2.33. The van der Waals surface area contributed by atoms with Gasteiger partial charge in [-0.1, -0.05) is 17.7 Å². The van der Waals surface area contributed by atoms with Crippen molar-refractivity contribution in [2.45, 2.75) is 32.6 Å². The highest BCUT2D eigenvalue weighted by molar-refractivity contribution is 14.1. The summed E-state index contributed by atoms with van der Waals surface area (Å²) in [5.74, 6) is 6.12. The van der Waals surface area contributed by atoms with Gasteiger partial charge in [0.1, 0.15) is 16.3 Å². The molecule has 0 aliphatic rings. The van der Waals surface area contributed by atoms with Crippen molar-refractivity contribution in [3.8, 4) is 0 Å². The van der Waals surface area contributed by atoms with Crippen LogP contribution in [0, 0.1) is 31.3 Å². The highest BCUT2D eigenvalue weighted by Gasteiger charge is 2.09. The highest BCUT2D eigenvalue weighted by Crippen LogP contribution is 2.20. The van der Waals surface area contributed by atoms with Crippen LogP contribution >= 0.6 is 22.6 Å². The van der Waals surface area contributed by atoms with Crippen molar-refractivity contribution in [1.82, 2.24) is 0 Å². The van der Waals surface area contributed by atoms with Gasteiger partial charge in [0.25, 0.3) is 5.82 Å². The third-order valence-electron chi connectivity index (χ3n) is 3.15. The van der Waals surface area contributed by atoms with Crippen LogP contribution in [0.1, 0.15) is 22.3 Å². The molecule has 1 heterocycles. The summed E-state index contributed by atoms with van der Waals surface area (Å²) in [6.45, 7) is 7.05. The summed E-state index contributed by atoms with van der Waals surface area (Å²) in [7, 11) is -4.33. The maximum absolute atomic E-state index is 10.8. The minimum atomic E-state index is -4.33. The molecule has 0 aliphatic heterocycles. The number of halogens is 1. The standard InChI is InChI=1S/C9H12O3S.C6H8IN3/c1-6-4-7(2)9(8(3)5-6)13(10,11)12;1-4-2-5(7)3-10(9)6(4)8/h4-5H,1-3H3,(H,10,11,12);2-3,8H,9H2,1H3. The predicted molar refractivity (Wildman–Crippen MR) is 97.3 cm³/mol. The van der Waals surface area contributed by atoms with E-state index in [-0.39, 0.29) is 4.90 Å². The molecule has 0 radical (unpaired) electrons. The number of anilines is 1. The molecule has 126 valence electrons. The van der Waals surface area contributed by atoms with E-state index in [4.69, 9.17) is 11.6 Å². The molecule has 0 fully saturated rings. The fraction of sp³-hybridized carbons (Fsp3) is 0.267. The molecule has 2 aromatic rings. The molecule has 1 aromatic carbocycles. The lowest BCUT2D eigenvalue weighted by Gasteiger charge is -2.14. The van der Waals surface area contributed by atoms with Gasteiger partial charge in [-0.2, -0.15) is 0 Å². The number of nitrogen functional groups attached to an aromatic ring is 2. The first-order chi connectivity index (χ1) is 10.4. The van der Waals surface area contributed by atoms with E-state index >= 15 is 0 Å². The van der Waals surface area contributed by atoms with Crippen LogP contribution < -0.4 is 16.3 Å². The zero-order valence-corrected chi connectivity index (χ0v) is 16.4. The Kier molecular flexibility index (Phi) is 6.37. The maximum atomic E-state index is 10.8. The molecule has 0 saturated carbocycles. The van der Waals surface area contributed by atoms with E-state index in [1.165, 1.54) is 4.68 Å². The van der Waals surface area contributed by atoms with E-state index < -0.39 is 10.1 Å². The fourth-order valence-electron chi connectivity index (χ4n) is 2.29. The molecule has 6 nitrogen and oxygen atoms in total. The molecule has 23 heavy (non-hydrogen) atoms. The van der Waals surface area contributed by atoms with Crippen molar-refractivity contribution in [3.63, 3.8) is 0 Å². The summed E-state index contributed by atoms with van der Waals surface area (Å²) in [4.78, 5) is -0.0851. The molecule has 0 unspecified atom stereocenters. The number of nitrogens with two attached hydrogens (primary N) is 2. The first kappa shape index (κ1) is 19.7. The Morgan fingerprint density at radius 1 is 1.04 bits per heavy atom. The van der Waals surface area contributed by atoms with Crippen molar-refractivity contribution in [2.75, 3.05) is 11.6 Å². The van der Waals surface area contributed by atoms with Crippen molar-refractivity contribution in [3.05, 3.63) is 50.2 Å². The normalized spacial score (nSPS) is 10.9. The summed E-state index contributed by atoms with van der Waals surface area (Å²) in [6, 6.07) is 5.37. The van der Waals surface area contributed by atoms with Crippen LogP contribution in [0.25, 0.3) is 0 Å². The van der Waals surface area contributed by atoms with Gasteiger partial charge in [0.05, 0.1) is 8.47 Å². The number of hydrogen-bond donors (Lipinski definition) is 2. The monoisotopic (exact) mass is 449 g/mol. The Labute approximate surface area is 150 Å². The van der Waals surface area contributed by atoms with Gasteiger partial charge in [0.2, 0.25) is 0 Å². The van der Waals surface area contributed by atoms with E-state index in [0.29, 0.717) is 16.9 Å². The van der Waals surface area contributed by atoms with Crippen molar-refractivity contribution >= 4 is 38.5 Å². The molecule has 0 amide bonds. The average molecular weight is 449 g/mol. The molecular weight excluding hydrogens is 429 g/mol. The predicted octanol–water partition coefficient (Wildman–Crippen LogP) is 1.70. The largest absolute Gasteiger partial charge is 0.744 e. The lowest BCUT2D eigenvalue weighted by molar-refractivity contribution is -0.624. The van der Waals surface area contributed by atoms with Gasteiger partial charge in [-0.3, -0.25) is 11.6 Å². The number of rotatable bonds is 1. The number of aryl methyl sites for hydroxylation is 4. The summed E-state index contributed by atoms with van der Waals surface area (Å²) in [5, 5.41) is 0.